The first-order chi connectivity index (χ1) is 11.5. The lowest BCUT2D eigenvalue weighted by Crippen LogP contribution is -2.38. The summed E-state index contributed by atoms with van der Waals surface area (Å²) in [7, 11) is 0. The highest BCUT2D eigenvalue weighted by Gasteiger charge is 2.31. The lowest BCUT2D eigenvalue weighted by molar-refractivity contribution is -0.122. The minimum absolute atomic E-state index is 0.0255. The van der Waals surface area contributed by atoms with Gasteiger partial charge in [0.05, 0.1) is 15.6 Å². The lowest BCUT2D eigenvalue weighted by Gasteiger charge is -2.22. The van der Waals surface area contributed by atoms with Gasteiger partial charge in [-0.05, 0) is 37.1 Å². The number of para-hydroxylation sites is 1. The number of fused-ring (bicyclic) bond motifs is 1. The predicted octanol–water partition coefficient (Wildman–Crippen LogP) is 4.13. The molecule has 0 saturated heterocycles. The smallest absolute Gasteiger partial charge is 0.341 e. The van der Waals surface area contributed by atoms with E-state index in [1.54, 1.807) is 23.1 Å². The molecular weight excluding hydrogens is 349 g/mol. The number of hydrogen-bond acceptors (Lipinski definition) is 3. The van der Waals surface area contributed by atoms with Crippen molar-refractivity contribution in [3.05, 3.63) is 63.6 Å². The predicted molar refractivity (Wildman–Crippen MR) is 93.8 cm³/mol. The molecule has 1 aliphatic heterocycles. The number of rotatable bonds is 3. The second-order valence-corrected chi connectivity index (χ2v) is 6.43. The highest BCUT2D eigenvalue weighted by molar-refractivity contribution is 6.39. The highest BCUT2D eigenvalue weighted by atomic mass is 35.5. The largest absolute Gasteiger partial charge is 0.452 e. The van der Waals surface area contributed by atoms with E-state index in [1.165, 1.54) is 0 Å². The molecule has 4 nitrogen and oxygen atoms in total. The zero-order valence-electron chi connectivity index (χ0n) is 13.0. The Morgan fingerprint density at radius 2 is 1.79 bits per heavy atom. The van der Waals surface area contributed by atoms with Crippen molar-refractivity contribution in [2.45, 2.75) is 19.4 Å². The van der Waals surface area contributed by atoms with Gasteiger partial charge >= 0.3 is 5.97 Å². The van der Waals surface area contributed by atoms with Crippen molar-refractivity contribution in [1.29, 1.82) is 0 Å². The van der Waals surface area contributed by atoms with Crippen LogP contribution in [0.2, 0.25) is 10.0 Å². The maximum absolute atomic E-state index is 12.5. The molecule has 1 unspecified atom stereocenters. The quantitative estimate of drug-likeness (QED) is 0.770. The van der Waals surface area contributed by atoms with Gasteiger partial charge in [-0.15, -0.1) is 0 Å². The third-order valence-corrected chi connectivity index (χ3v) is 4.60. The molecule has 1 heterocycles. The number of carbonyl (C=O) groups excluding carboxylic acids is 2. The number of amides is 1. The number of esters is 1. The number of ether oxygens (including phenoxy) is 1. The summed E-state index contributed by atoms with van der Waals surface area (Å²) in [6.45, 7) is 1.60. The molecule has 0 spiro atoms. The van der Waals surface area contributed by atoms with Gasteiger partial charge in [-0.2, -0.15) is 0 Å². The van der Waals surface area contributed by atoms with Crippen LogP contribution in [0.15, 0.2) is 42.5 Å². The second-order valence-electron chi connectivity index (χ2n) is 5.62. The van der Waals surface area contributed by atoms with Crippen molar-refractivity contribution in [3.8, 4) is 0 Å². The van der Waals surface area contributed by atoms with E-state index in [9.17, 15) is 9.59 Å². The van der Waals surface area contributed by atoms with E-state index >= 15 is 0 Å². The number of anilines is 1. The Bertz CT molecular complexity index is 786. The molecule has 3 rings (SSSR count). The van der Waals surface area contributed by atoms with Gasteiger partial charge in [0, 0.05) is 11.7 Å². The van der Waals surface area contributed by atoms with Gasteiger partial charge in [-0.1, -0.05) is 47.5 Å². The molecule has 0 aromatic heterocycles. The molecule has 0 saturated carbocycles. The Labute approximate surface area is 149 Å². The second kappa shape index (κ2) is 6.83. The first-order valence-corrected chi connectivity index (χ1v) is 8.25. The van der Waals surface area contributed by atoms with E-state index in [1.807, 2.05) is 31.2 Å². The van der Waals surface area contributed by atoms with Gasteiger partial charge in [0.2, 0.25) is 0 Å². The summed E-state index contributed by atoms with van der Waals surface area (Å²) in [6, 6.07) is 12.5. The topological polar surface area (TPSA) is 46.6 Å². The molecule has 124 valence electrons. The van der Waals surface area contributed by atoms with Crippen LogP contribution in [0.5, 0.6) is 0 Å². The Balaban J connectivity index is 1.71. The lowest BCUT2D eigenvalue weighted by atomic mass is 10.1. The monoisotopic (exact) mass is 363 g/mol. The summed E-state index contributed by atoms with van der Waals surface area (Å²) in [5.41, 5.74) is 2.05. The highest BCUT2D eigenvalue weighted by Crippen LogP contribution is 2.32. The molecule has 24 heavy (non-hydrogen) atoms. The summed E-state index contributed by atoms with van der Waals surface area (Å²) in [5.74, 6) is -0.983. The zero-order chi connectivity index (χ0) is 17.3. The van der Waals surface area contributed by atoms with Crippen molar-refractivity contribution in [3.63, 3.8) is 0 Å². The summed E-state index contributed by atoms with van der Waals surface area (Å²) in [4.78, 5) is 26.3. The number of carbonyl (C=O) groups is 2. The van der Waals surface area contributed by atoms with Crippen molar-refractivity contribution < 1.29 is 14.3 Å². The van der Waals surface area contributed by atoms with Crippen LogP contribution in [-0.2, 0) is 16.0 Å². The molecule has 2 aromatic carbocycles. The molecule has 0 fully saturated rings. The van der Waals surface area contributed by atoms with E-state index < -0.39 is 5.97 Å². The Morgan fingerprint density at radius 3 is 2.50 bits per heavy atom. The number of nitrogens with zero attached hydrogens (tertiary/aromatic N) is 1. The third kappa shape index (κ3) is 3.12. The zero-order valence-corrected chi connectivity index (χ0v) is 14.5. The van der Waals surface area contributed by atoms with E-state index in [0.717, 1.165) is 17.7 Å². The number of hydrogen-bond donors (Lipinski definition) is 0. The maximum atomic E-state index is 12.5. The molecule has 0 N–H and O–H groups in total. The Hall–Kier alpha value is -2.04. The maximum Gasteiger partial charge on any atom is 0.341 e. The minimum Gasteiger partial charge on any atom is -0.452 e. The standard InChI is InChI=1S/C18H15Cl2NO3/c1-11-9-12-5-2-3-8-15(12)21(11)16(22)10-24-18(23)17-13(19)6-4-7-14(17)20/h2-8,11H,9-10H2,1H3. The molecule has 0 radical (unpaired) electrons. The molecule has 2 aromatic rings. The molecule has 6 heteroatoms. The van der Waals surface area contributed by atoms with Crippen LogP contribution in [0.25, 0.3) is 0 Å². The van der Waals surface area contributed by atoms with E-state index in [-0.39, 0.29) is 34.2 Å². The number of benzene rings is 2. The summed E-state index contributed by atoms with van der Waals surface area (Å²) in [5, 5.41) is 0.389. The Kier molecular flexibility index (Phi) is 4.78. The third-order valence-electron chi connectivity index (χ3n) is 3.97. The fraction of sp³-hybridized carbons (Fsp3) is 0.222. The van der Waals surface area contributed by atoms with Gasteiger partial charge in [-0.3, -0.25) is 4.79 Å². The van der Waals surface area contributed by atoms with Crippen molar-refractivity contribution in [2.24, 2.45) is 0 Å². The van der Waals surface area contributed by atoms with E-state index in [2.05, 4.69) is 0 Å². The van der Waals surface area contributed by atoms with Crippen LogP contribution >= 0.6 is 23.2 Å². The van der Waals surface area contributed by atoms with Crippen LogP contribution < -0.4 is 4.90 Å². The van der Waals surface area contributed by atoms with Crippen LogP contribution in [0.4, 0.5) is 5.69 Å². The number of halogens is 2. The average molecular weight is 364 g/mol. The Morgan fingerprint density at radius 1 is 1.12 bits per heavy atom. The molecule has 0 bridgehead atoms. The minimum atomic E-state index is -0.709. The van der Waals surface area contributed by atoms with E-state index in [4.69, 9.17) is 27.9 Å². The molecule has 1 amide bonds. The summed E-state index contributed by atoms with van der Waals surface area (Å²) < 4.78 is 5.13. The SMILES string of the molecule is CC1Cc2ccccc2N1C(=O)COC(=O)c1c(Cl)cccc1Cl. The van der Waals surface area contributed by atoms with Gasteiger partial charge in [0.15, 0.2) is 6.61 Å². The fourth-order valence-corrected chi connectivity index (χ4v) is 3.46. The van der Waals surface area contributed by atoms with Crippen molar-refractivity contribution >= 4 is 40.8 Å². The fourth-order valence-electron chi connectivity index (χ4n) is 2.91. The van der Waals surface area contributed by atoms with Crippen LogP contribution in [0.3, 0.4) is 0 Å². The van der Waals surface area contributed by atoms with Gasteiger partial charge in [0.25, 0.3) is 5.91 Å². The summed E-state index contributed by atoms with van der Waals surface area (Å²) >= 11 is 12.0. The molecule has 1 aliphatic rings. The molecular formula is C18H15Cl2NO3. The van der Waals surface area contributed by atoms with E-state index in [0.29, 0.717) is 0 Å². The van der Waals surface area contributed by atoms with Crippen LogP contribution in [0.1, 0.15) is 22.8 Å². The van der Waals surface area contributed by atoms with Gasteiger partial charge in [0.1, 0.15) is 0 Å². The average Bonchev–Trinajstić information content (AvgIpc) is 2.88. The molecule has 1 atom stereocenters. The van der Waals surface area contributed by atoms with Crippen LogP contribution in [0, 0.1) is 0 Å². The van der Waals surface area contributed by atoms with Crippen molar-refractivity contribution in [1.82, 2.24) is 0 Å². The normalized spacial score (nSPS) is 16.0. The molecule has 0 aliphatic carbocycles. The first kappa shape index (κ1) is 16.8. The van der Waals surface area contributed by atoms with Gasteiger partial charge in [-0.25, -0.2) is 4.79 Å². The van der Waals surface area contributed by atoms with Crippen molar-refractivity contribution in [2.75, 3.05) is 11.5 Å². The summed E-state index contributed by atoms with van der Waals surface area (Å²) in [6.07, 6.45) is 0.784. The first-order valence-electron chi connectivity index (χ1n) is 7.50. The van der Waals surface area contributed by atoms with Crippen LogP contribution in [-0.4, -0.2) is 24.5 Å². The van der Waals surface area contributed by atoms with Gasteiger partial charge < -0.3 is 9.64 Å².